The van der Waals surface area contributed by atoms with Crippen molar-refractivity contribution in [1.82, 2.24) is 25.1 Å². The molecule has 0 N–H and O–H groups in total. The van der Waals surface area contributed by atoms with Crippen LogP contribution in [0.25, 0.3) is 33.6 Å². The van der Waals surface area contributed by atoms with Crippen LogP contribution in [-0.4, -0.2) is 59.9 Å². The average molecular weight is 470 g/mol. The van der Waals surface area contributed by atoms with Crippen molar-refractivity contribution >= 4 is 21.2 Å². The highest BCUT2D eigenvalue weighted by Gasteiger charge is 2.19. The molecule has 0 bridgehead atoms. The molecule has 0 atom stereocenters. The van der Waals surface area contributed by atoms with Crippen LogP contribution in [0, 0.1) is 13.8 Å². The number of aromatic nitrogens is 4. The highest BCUT2D eigenvalue weighted by molar-refractivity contribution is 7.91. The zero-order valence-corrected chi connectivity index (χ0v) is 19.9. The van der Waals surface area contributed by atoms with E-state index in [0.717, 1.165) is 16.0 Å². The van der Waals surface area contributed by atoms with Gasteiger partial charge in [0.2, 0.25) is 0 Å². The topological polar surface area (TPSA) is 102 Å². The van der Waals surface area contributed by atoms with Crippen molar-refractivity contribution in [2.45, 2.75) is 18.7 Å². The molecule has 3 heterocycles. The quantitative estimate of drug-likeness (QED) is 0.402. The Hall–Kier alpha value is -2.95. The molecule has 0 aliphatic heterocycles. The van der Waals surface area contributed by atoms with Crippen LogP contribution < -0.4 is 0 Å². The minimum absolute atomic E-state index is 0.0665. The summed E-state index contributed by atoms with van der Waals surface area (Å²) in [6.07, 6.45) is 1.65. The van der Waals surface area contributed by atoms with Crippen molar-refractivity contribution in [3.63, 3.8) is 0 Å². The molecule has 3 aromatic heterocycles. The summed E-state index contributed by atoms with van der Waals surface area (Å²) in [4.78, 5) is 12.2. The molecule has 0 saturated carbocycles. The molecule has 0 aliphatic rings. The van der Waals surface area contributed by atoms with Crippen LogP contribution in [0.1, 0.15) is 11.3 Å². The fourth-order valence-corrected chi connectivity index (χ4v) is 5.28. The maximum absolute atomic E-state index is 12.5. The number of rotatable bonds is 7. The van der Waals surface area contributed by atoms with E-state index in [1.807, 2.05) is 44.3 Å². The van der Waals surface area contributed by atoms with E-state index in [2.05, 4.69) is 20.2 Å². The van der Waals surface area contributed by atoms with Crippen molar-refractivity contribution < 1.29 is 12.8 Å². The summed E-state index contributed by atoms with van der Waals surface area (Å²) >= 11 is 1.54. The first-order valence-electron chi connectivity index (χ1n) is 9.94. The summed E-state index contributed by atoms with van der Waals surface area (Å²) in [5.74, 6) is 0.811. The third-order valence-electron chi connectivity index (χ3n) is 4.96. The maximum atomic E-state index is 12.5. The monoisotopic (exact) mass is 469 g/mol. The summed E-state index contributed by atoms with van der Waals surface area (Å²) in [5, 5.41) is 10.3. The second-order valence-corrected chi connectivity index (χ2v) is 10.7. The normalized spacial score (nSPS) is 11.9. The third kappa shape index (κ3) is 4.62. The van der Waals surface area contributed by atoms with Crippen molar-refractivity contribution in [1.29, 1.82) is 0 Å². The Kier molecular flexibility index (Phi) is 6.18. The highest BCUT2D eigenvalue weighted by Crippen LogP contribution is 2.31. The fourth-order valence-electron chi connectivity index (χ4n) is 3.05. The van der Waals surface area contributed by atoms with E-state index in [0.29, 0.717) is 35.4 Å². The van der Waals surface area contributed by atoms with Gasteiger partial charge in [-0.15, -0.1) is 21.5 Å². The Labute approximate surface area is 190 Å². The summed E-state index contributed by atoms with van der Waals surface area (Å²) in [6, 6.07) is 8.68. The van der Waals surface area contributed by atoms with Gasteiger partial charge in [0.05, 0.1) is 33.1 Å². The van der Waals surface area contributed by atoms with Crippen LogP contribution in [0.5, 0.6) is 0 Å². The Morgan fingerprint density at radius 1 is 1.03 bits per heavy atom. The highest BCUT2D eigenvalue weighted by atomic mass is 32.2. The molecular weight excluding hydrogens is 446 g/mol. The molecule has 0 spiro atoms. The molecule has 8 nitrogen and oxygen atoms in total. The van der Waals surface area contributed by atoms with Gasteiger partial charge in [0.15, 0.2) is 9.84 Å². The minimum Gasteiger partial charge on any atom is -0.414 e. The molecule has 0 saturated heterocycles. The fraction of sp³-hybridized carbons (Fsp3) is 0.273. The lowest BCUT2D eigenvalue weighted by atomic mass is 10.1. The first kappa shape index (κ1) is 22.3. The summed E-state index contributed by atoms with van der Waals surface area (Å²) < 4.78 is 30.9. The lowest BCUT2D eigenvalue weighted by Gasteiger charge is -2.10. The van der Waals surface area contributed by atoms with Crippen molar-refractivity contribution in [3.8, 4) is 33.6 Å². The zero-order chi connectivity index (χ0) is 22.9. The Balaban J connectivity index is 1.62. The van der Waals surface area contributed by atoms with Gasteiger partial charge >= 0.3 is 0 Å². The van der Waals surface area contributed by atoms with E-state index in [1.165, 1.54) is 11.3 Å². The average Bonchev–Trinajstić information content (AvgIpc) is 3.42. The molecule has 0 aliphatic carbocycles. The number of hydrogen-bond donors (Lipinski definition) is 0. The number of nitrogens with zero attached hydrogens (tertiary/aromatic N) is 5. The van der Waals surface area contributed by atoms with Crippen molar-refractivity contribution in [2.24, 2.45) is 0 Å². The summed E-state index contributed by atoms with van der Waals surface area (Å²) in [6.45, 7) is 4.28. The number of thiophene rings is 1. The van der Waals surface area contributed by atoms with Crippen LogP contribution in [0.4, 0.5) is 0 Å². The maximum Gasteiger partial charge on any atom is 0.268 e. The second kappa shape index (κ2) is 8.89. The Morgan fingerprint density at radius 2 is 1.75 bits per heavy atom. The van der Waals surface area contributed by atoms with Crippen LogP contribution in [0.15, 0.2) is 51.2 Å². The predicted molar refractivity (Wildman–Crippen MR) is 124 cm³/mol. The van der Waals surface area contributed by atoms with Crippen molar-refractivity contribution in [3.05, 3.63) is 53.2 Å². The number of sulfone groups is 1. The SMILES string of the molecule is Cc1ccsc1-c1nnc(-c2nc(-c3ccc(S(=O)(=O)CCN(C)C)cc3)cnc2C)o1. The first-order valence-corrected chi connectivity index (χ1v) is 12.5. The lowest BCUT2D eigenvalue weighted by Crippen LogP contribution is -2.21. The van der Waals surface area contributed by atoms with E-state index in [4.69, 9.17) is 4.42 Å². The van der Waals surface area contributed by atoms with E-state index in [9.17, 15) is 8.42 Å². The minimum atomic E-state index is -3.34. The van der Waals surface area contributed by atoms with Crippen LogP contribution in [-0.2, 0) is 9.84 Å². The van der Waals surface area contributed by atoms with Gasteiger partial charge in [0.1, 0.15) is 5.69 Å². The molecule has 1 aromatic carbocycles. The number of benzene rings is 1. The van der Waals surface area contributed by atoms with Gasteiger partial charge in [-0.25, -0.2) is 13.4 Å². The molecule has 166 valence electrons. The van der Waals surface area contributed by atoms with Crippen molar-refractivity contribution in [2.75, 3.05) is 26.4 Å². The van der Waals surface area contributed by atoms with Gasteiger partial charge in [-0.05, 0) is 57.1 Å². The first-order chi connectivity index (χ1) is 15.2. The molecule has 0 fully saturated rings. The largest absolute Gasteiger partial charge is 0.414 e. The molecule has 4 aromatic rings. The smallest absolute Gasteiger partial charge is 0.268 e. The predicted octanol–water partition coefficient (Wildman–Crippen LogP) is 3.87. The number of aryl methyl sites for hydroxylation is 2. The molecule has 0 amide bonds. The molecule has 0 radical (unpaired) electrons. The summed E-state index contributed by atoms with van der Waals surface area (Å²) in [7, 11) is 0.350. The Morgan fingerprint density at radius 3 is 2.41 bits per heavy atom. The van der Waals surface area contributed by atoms with Gasteiger partial charge in [-0.1, -0.05) is 12.1 Å². The van der Waals surface area contributed by atoms with Crippen LogP contribution in [0.2, 0.25) is 0 Å². The lowest BCUT2D eigenvalue weighted by molar-refractivity contribution is 0.432. The van der Waals surface area contributed by atoms with Gasteiger partial charge in [0, 0.05) is 12.1 Å². The van der Waals surface area contributed by atoms with E-state index < -0.39 is 9.84 Å². The van der Waals surface area contributed by atoms with E-state index in [1.54, 1.807) is 30.5 Å². The van der Waals surface area contributed by atoms with E-state index in [-0.39, 0.29) is 10.6 Å². The summed E-state index contributed by atoms with van der Waals surface area (Å²) in [5.41, 5.74) is 3.57. The van der Waals surface area contributed by atoms with Crippen LogP contribution >= 0.6 is 11.3 Å². The molecule has 32 heavy (non-hydrogen) atoms. The number of hydrogen-bond acceptors (Lipinski definition) is 9. The molecule has 4 rings (SSSR count). The molecule has 10 heteroatoms. The molecule has 0 unspecified atom stereocenters. The van der Waals surface area contributed by atoms with Crippen LogP contribution in [0.3, 0.4) is 0 Å². The zero-order valence-electron chi connectivity index (χ0n) is 18.2. The van der Waals surface area contributed by atoms with Gasteiger partial charge in [-0.2, -0.15) is 0 Å². The van der Waals surface area contributed by atoms with Gasteiger partial charge < -0.3 is 9.32 Å². The standard InChI is InChI=1S/C22H23N5O3S2/c1-14-9-11-31-20(14)22-26-25-21(30-22)19-15(2)23-13-18(24-19)16-5-7-17(8-6-16)32(28,29)12-10-27(3)4/h5-9,11,13H,10,12H2,1-4H3. The van der Waals surface area contributed by atoms with E-state index >= 15 is 0 Å². The van der Waals surface area contributed by atoms with Gasteiger partial charge in [0.25, 0.3) is 11.8 Å². The Bertz CT molecular complexity index is 1340. The molecular formula is C22H23N5O3S2. The third-order valence-corrected chi connectivity index (χ3v) is 7.67. The second-order valence-electron chi connectivity index (χ2n) is 7.68. The van der Waals surface area contributed by atoms with Gasteiger partial charge in [-0.3, -0.25) is 4.98 Å².